The molecule has 4 rings (SSSR count). The van der Waals surface area contributed by atoms with E-state index in [0.29, 0.717) is 11.4 Å². The molecule has 34 heavy (non-hydrogen) atoms. The van der Waals surface area contributed by atoms with Gasteiger partial charge >= 0.3 is 0 Å². The minimum atomic E-state index is -3.89. The molecule has 6 nitrogen and oxygen atoms in total. The highest BCUT2D eigenvalue weighted by Crippen LogP contribution is 2.38. The number of hydrogen-bond donors (Lipinski definition) is 1. The Hall–Kier alpha value is -3.32. The summed E-state index contributed by atoms with van der Waals surface area (Å²) in [4.78, 5) is 13.4. The molecule has 2 atom stereocenters. The summed E-state index contributed by atoms with van der Waals surface area (Å²) >= 11 is 0. The van der Waals surface area contributed by atoms with Crippen molar-refractivity contribution in [3.63, 3.8) is 0 Å². The molecule has 3 aromatic rings. The fourth-order valence-electron chi connectivity index (χ4n) is 3.99. The number of fused-ring (bicyclic) bond motifs is 1. The van der Waals surface area contributed by atoms with Gasteiger partial charge in [-0.2, -0.15) is 0 Å². The molecular weight excluding hydrogens is 448 g/mol. The maximum Gasteiger partial charge on any atom is 0.264 e. The van der Waals surface area contributed by atoms with E-state index < -0.39 is 16.1 Å². The molecule has 0 saturated carbocycles. The third kappa shape index (κ3) is 4.80. The van der Waals surface area contributed by atoms with Gasteiger partial charge in [-0.05, 0) is 68.1 Å². The molecule has 1 heterocycles. The van der Waals surface area contributed by atoms with E-state index in [2.05, 4.69) is 12.2 Å². The largest absolute Gasteiger partial charge is 0.476 e. The summed E-state index contributed by atoms with van der Waals surface area (Å²) in [7, 11) is -3.89. The van der Waals surface area contributed by atoms with Gasteiger partial charge in [-0.3, -0.25) is 9.10 Å². The molecule has 1 N–H and O–H groups in total. The normalized spacial score (nSPS) is 16.4. The molecule has 0 unspecified atom stereocenters. The number of rotatable bonds is 6. The van der Waals surface area contributed by atoms with E-state index in [1.807, 2.05) is 51.1 Å². The van der Waals surface area contributed by atoms with E-state index in [1.54, 1.807) is 36.4 Å². The van der Waals surface area contributed by atoms with Crippen LogP contribution in [-0.2, 0) is 21.2 Å². The van der Waals surface area contributed by atoms with Gasteiger partial charge in [-0.25, -0.2) is 8.42 Å². The van der Waals surface area contributed by atoms with Crippen LogP contribution >= 0.6 is 0 Å². The van der Waals surface area contributed by atoms with Crippen molar-refractivity contribution in [2.45, 2.75) is 51.2 Å². The molecular formula is C27H30N2O4S. The highest BCUT2D eigenvalue weighted by molar-refractivity contribution is 7.92. The summed E-state index contributed by atoms with van der Waals surface area (Å²) in [6.07, 6.45) is -0.0333. The standard InChI is InChI=1S/C27H30N2O4S/c1-5-21-9-11-22(12-10-21)20(4)28-27(30)26-17-29(24-16-19(3)8-15-25(24)33-26)34(31,32)23-13-6-18(2)7-14-23/h6-16,20,26H,5,17H2,1-4H3,(H,28,30)/t20-,26+/m0/s1. The minimum Gasteiger partial charge on any atom is -0.476 e. The summed E-state index contributed by atoms with van der Waals surface area (Å²) in [6, 6.07) is 19.9. The van der Waals surface area contributed by atoms with E-state index in [1.165, 1.54) is 9.87 Å². The van der Waals surface area contributed by atoms with E-state index in [0.717, 1.165) is 23.1 Å². The Morgan fingerprint density at radius 2 is 1.68 bits per heavy atom. The molecule has 0 radical (unpaired) electrons. The molecule has 1 amide bonds. The van der Waals surface area contributed by atoms with Gasteiger partial charge < -0.3 is 10.1 Å². The maximum absolute atomic E-state index is 13.6. The van der Waals surface area contributed by atoms with Crippen molar-refractivity contribution in [2.75, 3.05) is 10.8 Å². The molecule has 178 valence electrons. The Balaban J connectivity index is 1.61. The first-order valence-corrected chi connectivity index (χ1v) is 12.9. The van der Waals surface area contributed by atoms with Crippen LogP contribution in [0.25, 0.3) is 0 Å². The van der Waals surface area contributed by atoms with Crippen LogP contribution in [0.4, 0.5) is 5.69 Å². The van der Waals surface area contributed by atoms with Gasteiger partial charge in [0.2, 0.25) is 0 Å². The quantitative estimate of drug-likeness (QED) is 0.557. The van der Waals surface area contributed by atoms with Gasteiger partial charge in [0.1, 0.15) is 5.75 Å². The molecule has 0 spiro atoms. The second-order valence-corrected chi connectivity index (χ2v) is 10.6. The molecule has 0 saturated heterocycles. The lowest BCUT2D eigenvalue weighted by atomic mass is 10.0. The topological polar surface area (TPSA) is 75.7 Å². The molecule has 3 aromatic carbocycles. The lowest BCUT2D eigenvalue weighted by molar-refractivity contribution is -0.128. The van der Waals surface area contributed by atoms with Crippen molar-refractivity contribution in [2.24, 2.45) is 0 Å². The Kier molecular flexibility index (Phi) is 6.66. The zero-order valence-electron chi connectivity index (χ0n) is 19.9. The number of nitrogens with one attached hydrogen (secondary N) is 1. The second-order valence-electron chi connectivity index (χ2n) is 8.75. The number of nitrogens with zero attached hydrogens (tertiary/aromatic N) is 1. The number of carbonyl (C=O) groups excluding carboxylic acids is 1. The lowest BCUT2D eigenvalue weighted by Crippen LogP contribution is -2.51. The summed E-state index contributed by atoms with van der Waals surface area (Å²) in [5.41, 5.74) is 4.50. The van der Waals surface area contributed by atoms with Crippen LogP contribution in [0.3, 0.4) is 0 Å². The average molecular weight is 479 g/mol. The molecule has 0 aromatic heterocycles. The molecule has 7 heteroatoms. The van der Waals surface area contributed by atoms with Crippen molar-refractivity contribution >= 4 is 21.6 Å². The van der Waals surface area contributed by atoms with Gasteiger partial charge in [0.15, 0.2) is 6.10 Å². The maximum atomic E-state index is 13.6. The molecule has 0 aliphatic carbocycles. The Labute approximate surface area is 201 Å². The molecule has 1 aliphatic rings. The highest BCUT2D eigenvalue weighted by atomic mass is 32.2. The number of anilines is 1. The van der Waals surface area contributed by atoms with Crippen LogP contribution in [0.5, 0.6) is 5.75 Å². The SMILES string of the molecule is CCc1ccc([C@H](C)NC(=O)[C@H]2CN(S(=O)(=O)c3ccc(C)cc3)c3cc(C)ccc3O2)cc1. The van der Waals surface area contributed by atoms with Crippen LogP contribution in [0.15, 0.2) is 71.6 Å². The number of hydrogen-bond acceptors (Lipinski definition) is 4. The third-order valence-electron chi connectivity index (χ3n) is 6.13. The summed E-state index contributed by atoms with van der Waals surface area (Å²) in [6.45, 7) is 7.68. The Morgan fingerprint density at radius 1 is 1.03 bits per heavy atom. The van der Waals surface area contributed by atoms with Gasteiger partial charge in [-0.1, -0.05) is 55.0 Å². The van der Waals surface area contributed by atoms with Crippen LogP contribution in [0.1, 0.15) is 42.1 Å². The fraction of sp³-hybridized carbons (Fsp3) is 0.296. The fourth-order valence-corrected chi connectivity index (χ4v) is 5.46. The van der Waals surface area contributed by atoms with Crippen LogP contribution < -0.4 is 14.4 Å². The first-order valence-electron chi connectivity index (χ1n) is 11.4. The summed E-state index contributed by atoms with van der Waals surface area (Å²) in [5.74, 6) is 0.00929. The molecule has 0 bridgehead atoms. The van der Waals surface area contributed by atoms with Gasteiger partial charge in [0.05, 0.1) is 23.2 Å². The van der Waals surface area contributed by atoms with Crippen molar-refractivity contribution in [3.05, 3.63) is 89.0 Å². The first kappa shape index (κ1) is 23.8. The van der Waals surface area contributed by atoms with E-state index in [-0.39, 0.29) is 23.4 Å². The Bertz CT molecular complexity index is 1290. The van der Waals surface area contributed by atoms with Gasteiger partial charge in [-0.15, -0.1) is 0 Å². The van der Waals surface area contributed by atoms with E-state index in [9.17, 15) is 13.2 Å². The number of ether oxygens (including phenoxy) is 1. The van der Waals surface area contributed by atoms with Crippen molar-refractivity contribution in [3.8, 4) is 5.75 Å². The van der Waals surface area contributed by atoms with Gasteiger partial charge in [0.25, 0.3) is 15.9 Å². The zero-order valence-corrected chi connectivity index (χ0v) is 20.7. The second kappa shape index (κ2) is 9.50. The Morgan fingerprint density at radius 3 is 2.32 bits per heavy atom. The van der Waals surface area contributed by atoms with Crippen molar-refractivity contribution in [1.29, 1.82) is 0 Å². The van der Waals surface area contributed by atoms with E-state index >= 15 is 0 Å². The monoisotopic (exact) mass is 478 g/mol. The number of amides is 1. The number of carbonyl (C=O) groups is 1. The average Bonchev–Trinajstić information content (AvgIpc) is 2.83. The minimum absolute atomic E-state index is 0.111. The van der Waals surface area contributed by atoms with Crippen molar-refractivity contribution < 1.29 is 17.9 Å². The lowest BCUT2D eigenvalue weighted by Gasteiger charge is -2.35. The van der Waals surface area contributed by atoms with Crippen LogP contribution in [-0.4, -0.2) is 27.0 Å². The predicted molar refractivity (Wildman–Crippen MR) is 134 cm³/mol. The molecule has 0 fully saturated rings. The number of sulfonamides is 1. The highest BCUT2D eigenvalue weighted by Gasteiger charge is 2.38. The van der Waals surface area contributed by atoms with Gasteiger partial charge in [0, 0.05) is 0 Å². The summed E-state index contributed by atoms with van der Waals surface area (Å²) < 4.78 is 34.4. The summed E-state index contributed by atoms with van der Waals surface area (Å²) in [5, 5.41) is 2.98. The predicted octanol–water partition coefficient (Wildman–Crippen LogP) is 4.70. The third-order valence-corrected chi connectivity index (χ3v) is 7.93. The number of aryl methyl sites for hydroxylation is 3. The van der Waals surface area contributed by atoms with Crippen LogP contribution in [0, 0.1) is 13.8 Å². The van der Waals surface area contributed by atoms with E-state index in [4.69, 9.17) is 4.74 Å². The number of benzene rings is 3. The smallest absolute Gasteiger partial charge is 0.264 e. The first-order chi connectivity index (χ1) is 16.2. The zero-order chi connectivity index (χ0) is 24.5. The van der Waals surface area contributed by atoms with Crippen LogP contribution in [0.2, 0.25) is 0 Å². The van der Waals surface area contributed by atoms with Crippen molar-refractivity contribution in [1.82, 2.24) is 5.32 Å². The molecule has 1 aliphatic heterocycles.